The number of nitrogens with one attached hydrogen (secondary N) is 1. The van der Waals surface area contributed by atoms with E-state index in [2.05, 4.69) is 4.98 Å². The van der Waals surface area contributed by atoms with Crippen molar-refractivity contribution in [3.05, 3.63) is 23.2 Å². The minimum absolute atomic E-state index is 0.779. The topological polar surface area (TPSA) is 32.9 Å². The van der Waals surface area contributed by atoms with Gasteiger partial charge in [-0.15, -0.1) is 11.3 Å². The van der Waals surface area contributed by atoms with Gasteiger partial charge in [0.2, 0.25) is 0 Å². The van der Waals surface area contributed by atoms with Crippen LogP contribution in [0.3, 0.4) is 0 Å². The molecule has 3 heteroatoms. The fourth-order valence-electron chi connectivity index (χ4n) is 0.927. The standard InChI is InChI=1S/C7H5NOS/c9-4-5-3-6-7(10-5)1-2-8-6/h1-4,8H. The zero-order chi connectivity index (χ0) is 6.97. The number of H-pyrrole nitrogens is 1. The second-order valence-electron chi connectivity index (χ2n) is 2.02. The van der Waals surface area contributed by atoms with Gasteiger partial charge in [0.05, 0.1) is 15.1 Å². The Morgan fingerprint density at radius 2 is 2.50 bits per heavy atom. The lowest BCUT2D eigenvalue weighted by Crippen LogP contribution is -1.64. The first-order valence-corrected chi connectivity index (χ1v) is 3.74. The first-order chi connectivity index (χ1) is 4.90. The lowest BCUT2D eigenvalue weighted by atomic mass is 10.4. The molecule has 0 unspecified atom stereocenters. The maximum absolute atomic E-state index is 10.3. The molecule has 50 valence electrons. The largest absolute Gasteiger partial charge is 0.360 e. The van der Waals surface area contributed by atoms with Crippen LogP contribution < -0.4 is 0 Å². The fourth-order valence-corrected chi connectivity index (χ4v) is 1.77. The highest BCUT2D eigenvalue weighted by atomic mass is 32.1. The Labute approximate surface area is 61.5 Å². The molecule has 0 saturated carbocycles. The van der Waals surface area contributed by atoms with Crippen LogP contribution in [0, 0.1) is 0 Å². The summed E-state index contributed by atoms with van der Waals surface area (Å²) in [6, 6.07) is 3.82. The summed E-state index contributed by atoms with van der Waals surface area (Å²) < 4.78 is 1.14. The highest BCUT2D eigenvalue weighted by molar-refractivity contribution is 7.20. The molecular weight excluding hydrogens is 146 g/mol. The quantitative estimate of drug-likeness (QED) is 0.621. The van der Waals surface area contributed by atoms with Crippen molar-refractivity contribution < 1.29 is 4.79 Å². The zero-order valence-corrected chi connectivity index (χ0v) is 5.94. The van der Waals surface area contributed by atoms with Crippen LogP contribution in [0.4, 0.5) is 0 Å². The number of carbonyl (C=O) groups is 1. The SMILES string of the molecule is O=Cc1cc2[nH]ccc2s1. The van der Waals surface area contributed by atoms with Crippen LogP contribution in [0.2, 0.25) is 0 Å². The fraction of sp³-hybridized carbons (Fsp3) is 0. The van der Waals surface area contributed by atoms with Crippen LogP contribution >= 0.6 is 11.3 Å². The van der Waals surface area contributed by atoms with Gasteiger partial charge in [-0.1, -0.05) is 0 Å². The molecule has 2 rings (SSSR count). The molecule has 0 amide bonds. The minimum Gasteiger partial charge on any atom is -0.360 e. The summed E-state index contributed by atoms with van der Waals surface area (Å²) in [4.78, 5) is 14.1. The molecule has 2 nitrogen and oxygen atoms in total. The van der Waals surface area contributed by atoms with Crippen molar-refractivity contribution in [3.8, 4) is 0 Å². The van der Waals surface area contributed by atoms with E-state index in [1.165, 1.54) is 11.3 Å². The molecule has 0 spiro atoms. The monoisotopic (exact) mass is 151 g/mol. The summed E-state index contributed by atoms with van der Waals surface area (Å²) in [6.07, 6.45) is 2.74. The number of hydrogen-bond donors (Lipinski definition) is 1. The van der Waals surface area contributed by atoms with E-state index in [4.69, 9.17) is 0 Å². The highest BCUT2D eigenvalue weighted by Crippen LogP contribution is 2.22. The Morgan fingerprint density at radius 3 is 3.20 bits per heavy atom. The average molecular weight is 151 g/mol. The van der Waals surface area contributed by atoms with Crippen LogP contribution in [0.15, 0.2) is 18.3 Å². The van der Waals surface area contributed by atoms with Crippen LogP contribution in [0.25, 0.3) is 10.2 Å². The van der Waals surface area contributed by atoms with E-state index in [1.54, 1.807) is 0 Å². The van der Waals surface area contributed by atoms with E-state index in [0.717, 1.165) is 21.4 Å². The Balaban J connectivity index is 2.78. The number of rotatable bonds is 1. The van der Waals surface area contributed by atoms with Crippen molar-refractivity contribution >= 4 is 27.8 Å². The van der Waals surface area contributed by atoms with Gasteiger partial charge < -0.3 is 4.98 Å². The van der Waals surface area contributed by atoms with Crippen LogP contribution in [0.1, 0.15) is 9.67 Å². The maximum atomic E-state index is 10.3. The maximum Gasteiger partial charge on any atom is 0.160 e. The zero-order valence-electron chi connectivity index (χ0n) is 5.13. The predicted molar refractivity (Wildman–Crippen MR) is 41.6 cm³/mol. The average Bonchev–Trinajstić information content (AvgIpc) is 2.42. The molecule has 0 saturated heterocycles. The molecule has 0 fully saturated rings. The number of hydrogen-bond acceptors (Lipinski definition) is 2. The number of aldehydes is 1. The molecule has 0 aliphatic rings. The Bertz CT molecular complexity index is 332. The van der Waals surface area contributed by atoms with E-state index >= 15 is 0 Å². The smallest absolute Gasteiger partial charge is 0.160 e. The van der Waals surface area contributed by atoms with Gasteiger partial charge in [-0.25, -0.2) is 0 Å². The number of aromatic amines is 1. The molecule has 0 radical (unpaired) electrons. The first kappa shape index (κ1) is 5.68. The minimum atomic E-state index is 0.779. The van der Waals surface area contributed by atoms with Gasteiger partial charge in [0.25, 0.3) is 0 Å². The van der Waals surface area contributed by atoms with Crippen LogP contribution in [-0.2, 0) is 0 Å². The number of aromatic nitrogens is 1. The molecule has 0 aliphatic heterocycles. The highest BCUT2D eigenvalue weighted by Gasteiger charge is 1.98. The van der Waals surface area contributed by atoms with Crippen molar-refractivity contribution in [2.24, 2.45) is 0 Å². The second-order valence-corrected chi connectivity index (χ2v) is 3.14. The van der Waals surface area contributed by atoms with Crippen LogP contribution in [0.5, 0.6) is 0 Å². The molecule has 10 heavy (non-hydrogen) atoms. The predicted octanol–water partition coefficient (Wildman–Crippen LogP) is 2.04. The summed E-state index contributed by atoms with van der Waals surface area (Å²) in [5.74, 6) is 0. The Kier molecular flexibility index (Phi) is 1.11. The van der Waals surface area contributed by atoms with E-state index < -0.39 is 0 Å². The van der Waals surface area contributed by atoms with Crippen molar-refractivity contribution in [2.75, 3.05) is 0 Å². The van der Waals surface area contributed by atoms with Crippen molar-refractivity contribution in [2.45, 2.75) is 0 Å². The third kappa shape index (κ3) is 0.675. The van der Waals surface area contributed by atoms with Gasteiger partial charge in [0.15, 0.2) is 6.29 Å². The normalized spacial score (nSPS) is 10.4. The number of thiophene rings is 1. The van der Waals surface area contributed by atoms with Crippen LogP contribution in [-0.4, -0.2) is 11.3 Å². The Hall–Kier alpha value is -1.09. The summed E-state index contributed by atoms with van der Waals surface area (Å²) in [5.41, 5.74) is 1.05. The summed E-state index contributed by atoms with van der Waals surface area (Å²) in [6.45, 7) is 0. The van der Waals surface area contributed by atoms with Gasteiger partial charge >= 0.3 is 0 Å². The third-order valence-electron chi connectivity index (χ3n) is 1.37. The molecule has 2 aromatic heterocycles. The summed E-state index contributed by atoms with van der Waals surface area (Å²) in [5, 5.41) is 0. The molecule has 2 heterocycles. The lowest BCUT2D eigenvalue weighted by Gasteiger charge is -1.70. The third-order valence-corrected chi connectivity index (χ3v) is 2.40. The van der Waals surface area contributed by atoms with E-state index in [-0.39, 0.29) is 0 Å². The molecule has 0 aliphatic carbocycles. The molecule has 2 aromatic rings. The number of fused-ring (bicyclic) bond motifs is 1. The first-order valence-electron chi connectivity index (χ1n) is 2.92. The van der Waals surface area contributed by atoms with E-state index in [0.29, 0.717) is 0 Å². The summed E-state index contributed by atoms with van der Waals surface area (Å²) in [7, 11) is 0. The van der Waals surface area contributed by atoms with Crippen molar-refractivity contribution in [1.82, 2.24) is 4.98 Å². The number of carbonyl (C=O) groups excluding carboxylic acids is 1. The molecule has 0 bridgehead atoms. The molecule has 0 aromatic carbocycles. The summed E-state index contributed by atoms with van der Waals surface area (Å²) >= 11 is 1.50. The van der Waals surface area contributed by atoms with Crippen molar-refractivity contribution in [3.63, 3.8) is 0 Å². The lowest BCUT2D eigenvalue weighted by molar-refractivity contribution is 0.112. The Morgan fingerprint density at radius 1 is 1.60 bits per heavy atom. The van der Waals surface area contributed by atoms with Gasteiger partial charge in [-0.05, 0) is 12.1 Å². The molecular formula is C7H5NOS. The van der Waals surface area contributed by atoms with Gasteiger partial charge in [-0.3, -0.25) is 4.79 Å². The van der Waals surface area contributed by atoms with Crippen molar-refractivity contribution in [1.29, 1.82) is 0 Å². The van der Waals surface area contributed by atoms with E-state index in [9.17, 15) is 4.79 Å². The van der Waals surface area contributed by atoms with Gasteiger partial charge in [0.1, 0.15) is 0 Å². The molecule has 1 N–H and O–H groups in total. The van der Waals surface area contributed by atoms with E-state index in [1.807, 2.05) is 18.3 Å². The second kappa shape index (κ2) is 1.95. The van der Waals surface area contributed by atoms with Gasteiger partial charge in [-0.2, -0.15) is 0 Å². The van der Waals surface area contributed by atoms with Gasteiger partial charge in [0, 0.05) is 6.20 Å². The molecule has 0 atom stereocenters.